The fourth-order valence-corrected chi connectivity index (χ4v) is 2.40. The Morgan fingerprint density at radius 1 is 1.13 bits per heavy atom. The fourth-order valence-electron chi connectivity index (χ4n) is 2.40. The molecule has 1 heterocycles. The Balaban J connectivity index is 1.99. The minimum absolute atomic E-state index is 0.315. The number of benzene rings is 1. The molecule has 0 atom stereocenters. The second-order valence-electron chi connectivity index (χ2n) is 5.57. The molecule has 0 unspecified atom stereocenters. The number of nitrogens with zero attached hydrogens (tertiary/aromatic N) is 4. The summed E-state index contributed by atoms with van der Waals surface area (Å²) in [5.41, 5.74) is 2.38. The molecule has 0 N–H and O–H groups in total. The average Bonchev–Trinajstić information content (AvgIpc) is 2.99. The molecule has 0 saturated carbocycles. The summed E-state index contributed by atoms with van der Waals surface area (Å²) in [6.45, 7) is 5.40. The van der Waals surface area contributed by atoms with Gasteiger partial charge in [0.15, 0.2) is 5.69 Å². The van der Waals surface area contributed by atoms with Gasteiger partial charge in [-0.05, 0) is 30.5 Å². The van der Waals surface area contributed by atoms with E-state index in [9.17, 15) is 5.26 Å². The summed E-state index contributed by atoms with van der Waals surface area (Å²) in [5.74, 6) is 0.796. The summed E-state index contributed by atoms with van der Waals surface area (Å²) in [7, 11) is 0. The third-order valence-corrected chi connectivity index (χ3v) is 3.87. The van der Waals surface area contributed by atoms with Crippen molar-refractivity contribution in [2.75, 3.05) is 0 Å². The highest BCUT2D eigenvalue weighted by molar-refractivity contribution is 5.28. The van der Waals surface area contributed by atoms with Crippen molar-refractivity contribution < 1.29 is 4.74 Å². The van der Waals surface area contributed by atoms with E-state index < -0.39 is 0 Å². The molecule has 122 valence electrons. The normalized spacial score (nSPS) is 10.5. The van der Waals surface area contributed by atoms with Crippen LogP contribution < -0.4 is 4.74 Å². The summed E-state index contributed by atoms with van der Waals surface area (Å²) in [6.07, 6.45) is 5.63. The molecule has 5 nitrogen and oxygen atoms in total. The SMILES string of the molecule is CCCCCCn1nnc(C#N)c1COc1ccc(CC)cc1. The summed E-state index contributed by atoms with van der Waals surface area (Å²) in [5, 5.41) is 17.2. The zero-order valence-corrected chi connectivity index (χ0v) is 14.0. The maximum atomic E-state index is 9.19. The molecule has 0 aliphatic carbocycles. The van der Waals surface area contributed by atoms with Crippen LogP contribution >= 0.6 is 0 Å². The van der Waals surface area contributed by atoms with Crippen LogP contribution in [0.3, 0.4) is 0 Å². The van der Waals surface area contributed by atoms with Gasteiger partial charge < -0.3 is 4.74 Å². The molecular formula is C18H24N4O. The summed E-state index contributed by atoms with van der Waals surface area (Å²) < 4.78 is 7.61. The lowest BCUT2D eigenvalue weighted by Crippen LogP contribution is -2.09. The van der Waals surface area contributed by atoms with E-state index in [-0.39, 0.29) is 0 Å². The van der Waals surface area contributed by atoms with E-state index >= 15 is 0 Å². The number of nitriles is 1. The number of hydrogen-bond donors (Lipinski definition) is 0. The number of aromatic nitrogens is 3. The van der Waals surface area contributed by atoms with Crippen LogP contribution in [-0.2, 0) is 19.6 Å². The third-order valence-electron chi connectivity index (χ3n) is 3.87. The van der Waals surface area contributed by atoms with Gasteiger partial charge in [0.05, 0.1) is 0 Å². The quantitative estimate of drug-likeness (QED) is 0.659. The van der Waals surface area contributed by atoms with E-state index in [4.69, 9.17) is 4.74 Å². The maximum Gasteiger partial charge on any atom is 0.189 e. The molecule has 1 aromatic carbocycles. The highest BCUT2D eigenvalue weighted by Crippen LogP contribution is 2.16. The zero-order chi connectivity index (χ0) is 16.5. The predicted molar refractivity (Wildman–Crippen MR) is 89.0 cm³/mol. The molecule has 0 aliphatic rings. The molecule has 0 bridgehead atoms. The van der Waals surface area contributed by atoms with Crippen molar-refractivity contribution in [2.24, 2.45) is 0 Å². The Hall–Kier alpha value is -2.35. The maximum absolute atomic E-state index is 9.19. The van der Waals surface area contributed by atoms with Gasteiger partial charge in [0.2, 0.25) is 0 Å². The van der Waals surface area contributed by atoms with Gasteiger partial charge in [-0.25, -0.2) is 4.68 Å². The van der Waals surface area contributed by atoms with Gasteiger partial charge in [0.25, 0.3) is 0 Å². The second-order valence-corrected chi connectivity index (χ2v) is 5.57. The molecule has 2 rings (SSSR count). The first kappa shape index (κ1) is 17.0. The van der Waals surface area contributed by atoms with Gasteiger partial charge >= 0.3 is 0 Å². The van der Waals surface area contributed by atoms with Crippen LogP contribution in [0.4, 0.5) is 0 Å². The van der Waals surface area contributed by atoms with E-state index in [2.05, 4.69) is 42.4 Å². The molecule has 0 aliphatic heterocycles. The number of ether oxygens (including phenoxy) is 1. The van der Waals surface area contributed by atoms with Crippen LogP contribution in [-0.4, -0.2) is 15.0 Å². The molecule has 0 radical (unpaired) electrons. The van der Waals surface area contributed by atoms with Gasteiger partial charge in [0.1, 0.15) is 24.1 Å². The lowest BCUT2D eigenvalue weighted by molar-refractivity contribution is 0.290. The van der Waals surface area contributed by atoms with Gasteiger partial charge in [-0.15, -0.1) is 5.10 Å². The number of aryl methyl sites for hydroxylation is 2. The Labute approximate surface area is 137 Å². The first-order valence-corrected chi connectivity index (χ1v) is 8.32. The smallest absolute Gasteiger partial charge is 0.189 e. The van der Waals surface area contributed by atoms with Gasteiger partial charge in [-0.1, -0.05) is 50.5 Å². The number of hydrogen-bond acceptors (Lipinski definition) is 4. The molecule has 1 aromatic heterocycles. The van der Waals surface area contributed by atoms with E-state index in [1.165, 1.54) is 18.4 Å². The van der Waals surface area contributed by atoms with Crippen LogP contribution in [0.2, 0.25) is 0 Å². The molecule has 0 fully saturated rings. The molecule has 5 heteroatoms. The minimum atomic E-state index is 0.315. The highest BCUT2D eigenvalue weighted by atomic mass is 16.5. The topological polar surface area (TPSA) is 63.7 Å². The molecule has 0 saturated heterocycles. The average molecular weight is 312 g/mol. The molecule has 23 heavy (non-hydrogen) atoms. The summed E-state index contributed by atoms with van der Waals surface area (Å²) in [6, 6.07) is 10.1. The van der Waals surface area contributed by atoms with Crippen molar-refractivity contribution in [1.29, 1.82) is 5.26 Å². The molecule has 0 spiro atoms. The fraction of sp³-hybridized carbons (Fsp3) is 0.500. The van der Waals surface area contributed by atoms with Crippen LogP contribution in [0.1, 0.15) is 56.5 Å². The largest absolute Gasteiger partial charge is 0.487 e. The van der Waals surface area contributed by atoms with Crippen molar-refractivity contribution in [3.8, 4) is 11.8 Å². The van der Waals surface area contributed by atoms with Gasteiger partial charge in [0, 0.05) is 6.54 Å². The van der Waals surface area contributed by atoms with Crippen LogP contribution in [0.5, 0.6) is 5.75 Å². The predicted octanol–water partition coefficient (Wildman–Crippen LogP) is 3.87. The highest BCUT2D eigenvalue weighted by Gasteiger charge is 2.13. The zero-order valence-electron chi connectivity index (χ0n) is 14.0. The second kappa shape index (κ2) is 8.94. The molecular weight excluding hydrogens is 288 g/mol. The van der Waals surface area contributed by atoms with Crippen molar-refractivity contribution in [2.45, 2.75) is 59.1 Å². The Kier molecular flexibility index (Phi) is 6.61. The van der Waals surface area contributed by atoms with Crippen LogP contribution in [0.15, 0.2) is 24.3 Å². The Bertz CT molecular complexity index is 640. The number of rotatable bonds is 9. The van der Waals surface area contributed by atoms with Crippen molar-refractivity contribution >= 4 is 0 Å². The Morgan fingerprint density at radius 3 is 2.57 bits per heavy atom. The standard InChI is InChI=1S/C18H24N4O/c1-3-5-6-7-12-22-18(17(13-19)20-21-22)14-23-16-10-8-15(4-2)9-11-16/h8-11H,3-7,12,14H2,1-2H3. The lowest BCUT2D eigenvalue weighted by atomic mass is 10.2. The number of unbranched alkanes of at least 4 members (excludes halogenated alkanes) is 3. The van der Waals surface area contributed by atoms with Crippen molar-refractivity contribution in [1.82, 2.24) is 15.0 Å². The minimum Gasteiger partial charge on any atom is -0.487 e. The first-order chi connectivity index (χ1) is 11.3. The lowest BCUT2D eigenvalue weighted by Gasteiger charge is -2.09. The third kappa shape index (κ3) is 4.82. The van der Waals surface area contributed by atoms with Crippen LogP contribution in [0.25, 0.3) is 0 Å². The van der Waals surface area contributed by atoms with E-state index in [0.717, 1.165) is 37.3 Å². The monoisotopic (exact) mass is 312 g/mol. The molecule has 0 amide bonds. The van der Waals surface area contributed by atoms with E-state index in [1.807, 2.05) is 12.1 Å². The van der Waals surface area contributed by atoms with Gasteiger partial charge in [-0.2, -0.15) is 5.26 Å². The summed E-state index contributed by atoms with van der Waals surface area (Å²) in [4.78, 5) is 0. The molecule has 2 aromatic rings. The van der Waals surface area contributed by atoms with Crippen LogP contribution in [0, 0.1) is 11.3 Å². The van der Waals surface area contributed by atoms with E-state index in [1.54, 1.807) is 4.68 Å². The Morgan fingerprint density at radius 2 is 1.91 bits per heavy atom. The van der Waals surface area contributed by atoms with Crippen molar-refractivity contribution in [3.63, 3.8) is 0 Å². The van der Waals surface area contributed by atoms with Gasteiger partial charge in [-0.3, -0.25) is 0 Å². The van der Waals surface area contributed by atoms with Crippen molar-refractivity contribution in [3.05, 3.63) is 41.2 Å². The first-order valence-electron chi connectivity index (χ1n) is 8.32. The van der Waals surface area contributed by atoms with E-state index in [0.29, 0.717) is 12.3 Å². The summed E-state index contributed by atoms with van der Waals surface area (Å²) >= 11 is 0.